The molecule has 0 atom stereocenters. The van der Waals surface area contributed by atoms with Gasteiger partial charge in [-0.25, -0.2) is 0 Å². The monoisotopic (exact) mass is 262 g/mol. The summed E-state index contributed by atoms with van der Waals surface area (Å²) in [7, 11) is 1.63. The van der Waals surface area contributed by atoms with Gasteiger partial charge in [-0.05, 0) is 19.9 Å². The first-order valence-corrected chi connectivity index (χ1v) is 5.87. The van der Waals surface area contributed by atoms with Gasteiger partial charge in [-0.3, -0.25) is 9.78 Å². The standard InChI is InChI=1S/C14H18N2O3/c1-14(2,10-18)16(3)13(19)12-6-7-15-9-11(12)5-4-8-17/h6-7,9,17-18H,8,10H2,1-3H3. The summed E-state index contributed by atoms with van der Waals surface area (Å²) in [4.78, 5) is 17.8. The number of amides is 1. The lowest BCUT2D eigenvalue weighted by molar-refractivity contribution is 0.0473. The lowest BCUT2D eigenvalue weighted by atomic mass is 10.0. The van der Waals surface area contributed by atoms with Gasteiger partial charge in [0.25, 0.3) is 5.91 Å². The van der Waals surface area contributed by atoms with Crippen molar-refractivity contribution in [1.29, 1.82) is 0 Å². The lowest BCUT2D eigenvalue weighted by Crippen LogP contribution is -2.47. The minimum absolute atomic E-state index is 0.141. The van der Waals surface area contributed by atoms with E-state index in [1.54, 1.807) is 27.0 Å². The summed E-state index contributed by atoms with van der Waals surface area (Å²) in [6.07, 6.45) is 2.99. The van der Waals surface area contributed by atoms with E-state index in [-0.39, 0.29) is 19.1 Å². The first-order valence-electron chi connectivity index (χ1n) is 5.87. The molecule has 19 heavy (non-hydrogen) atoms. The van der Waals surface area contributed by atoms with Crippen molar-refractivity contribution < 1.29 is 15.0 Å². The zero-order chi connectivity index (χ0) is 14.5. The summed E-state index contributed by atoms with van der Waals surface area (Å²) in [5.74, 6) is 4.95. The molecular weight excluding hydrogens is 244 g/mol. The third-order valence-corrected chi connectivity index (χ3v) is 2.95. The lowest BCUT2D eigenvalue weighted by Gasteiger charge is -2.34. The van der Waals surface area contributed by atoms with Crippen LogP contribution in [0, 0.1) is 11.8 Å². The van der Waals surface area contributed by atoms with E-state index in [0.717, 1.165) is 0 Å². The Hall–Kier alpha value is -1.90. The average molecular weight is 262 g/mol. The van der Waals surface area contributed by atoms with Gasteiger partial charge in [-0.2, -0.15) is 0 Å². The van der Waals surface area contributed by atoms with Crippen LogP contribution in [0.15, 0.2) is 18.5 Å². The fourth-order valence-electron chi connectivity index (χ4n) is 1.38. The van der Waals surface area contributed by atoms with Gasteiger partial charge in [0, 0.05) is 19.4 Å². The second-order valence-electron chi connectivity index (χ2n) is 4.72. The summed E-state index contributed by atoms with van der Waals surface area (Å²) in [6.45, 7) is 3.12. The van der Waals surface area contributed by atoms with Crippen LogP contribution in [0.4, 0.5) is 0 Å². The SMILES string of the molecule is CN(C(=O)c1ccncc1C#CCO)C(C)(C)CO. The van der Waals surface area contributed by atoms with Crippen molar-refractivity contribution >= 4 is 5.91 Å². The number of pyridine rings is 1. The number of nitrogens with zero attached hydrogens (tertiary/aromatic N) is 2. The smallest absolute Gasteiger partial charge is 0.255 e. The molecule has 1 heterocycles. The Kier molecular flexibility index (Phi) is 5.04. The van der Waals surface area contributed by atoms with Gasteiger partial charge in [0.2, 0.25) is 0 Å². The molecule has 5 nitrogen and oxygen atoms in total. The number of likely N-dealkylation sites (N-methyl/N-ethyl adjacent to an activating group) is 1. The Morgan fingerprint density at radius 1 is 1.47 bits per heavy atom. The maximum absolute atomic E-state index is 12.4. The van der Waals surface area contributed by atoms with Gasteiger partial charge in [0.15, 0.2) is 0 Å². The van der Waals surface area contributed by atoms with Crippen LogP contribution in [0.5, 0.6) is 0 Å². The van der Waals surface area contributed by atoms with Crippen molar-refractivity contribution in [1.82, 2.24) is 9.88 Å². The van der Waals surface area contributed by atoms with E-state index in [1.807, 2.05) is 0 Å². The molecule has 1 aromatic heterocycles. The maximum atomic E-state index is 12.4. The normalized spacial score (nSPS) is 10.6. The maximum Gasteiger partial charge on any atom is 0.255 e. The minimum Gasteiger partial charge on any atom is -0.394 e. The Balaban J connectivity index is 3.13. The molecule has 0 bridgehead atoms. The molecular formula is C14H18N2O3. The summed E-state index contributed by atoms with van der Waals surface area (Å²) in [5.41, 5.74) is 0.198. The number of aliphatic hydroxyl groups is 2. The first-order chi connectivity index (χ1) is 8.94. The van der Waals surface area contributed by atoms with Crippen LogP contribution in [0.1, 0.15) is 29.8 Å². The summed E-state index contributed by atoms with van der Waals surface area (Å²) in [6, 6.07) is 1.58. The number of hydrogen-bond acceptors (Lipinski definition) is 4. The van der Waals surface area contributed by atoms with Crippen LogP contribution in [0.3, 0.4) is 0 Å². The van der Waals surface area contributed by atoms with Gasteiger partial charge in [-0.1, -0.05) is 11.8 Å². The number of hydrogen-bond donors (Lipinski definition) is 2. The molecule has 0 aliphatic heterocycles. The zero-order valence-electron chi connectivity index (χ0n) is 11.3. The van der Waals surface area contributed by atoms with Crippen LogP contribution < -0.4 is 0 Å². The van der Waals surface area contributed by atoms with E-state index in [0.29, 0.717) is 11.1 Å². The predicted octanol–water partition coefficient (Wildman–Crippen LogP) is 0.268. The number of carbonyl (C=O) groups is 1. The zero-order valence-corrected chi connectivity index (χ0v) is 11.3. The van der Waals surface area contributed by atoms with Crippen LogP contribution in [-0.2, 0) is 0 Å². The van der Waals surface area contributed by atoms with Crippen molar-refractivity contribution in [2.45, 2.75) is 19.4 Å². The Bertz CT molecular complexity index is 515. The molecule has 1 aromatic rings. The predicted molar refractivity (Wildman–Crippen MR) is 71.5 cm³/mol. The van der Waals surface area contributed by atoms with E-state index in [9.17, 15) is 9.90 Å². The molecule has 102 valence electrons. The van der Waals surface area contributed by atoms with Crippen molar-refractivity contribution in [3.8, 4) is 11.8 Å². The molecule has 2 N–H and O–H groups in total. The van der Waals surface area contributed by atoms with Gasteiger partial charge >= 0.3 is 0 Å². The van der Waals surface area contributed by atoms with Gasteiger partial charge in [0.05, 0.1) is 23.3 Å². The van der Waals surface area contributed by atoms with Crippen LogP contribution in [0.2, 0.25) is 0 Å². The second kappa shape index (κ2) is 6.32. The number of rotatable bonds is 3. The molecule has 0 spiro atoms. The average Bonchev–Trinajstić information content (AvgIpc) is 2.43. The largest absolute Gasteiger partial charge is 0.394 e. The van der Waals surface area contributed by atoms with E-state index in [2.05, 4.69) is 16.8 Å². The highest BCUT2D eigenvalue weighted by atomic mass is 16.3. The second-order valence-corrected chi connectivity index (χ2v) is 4.72. The number of aromatic nitrogens is 1. The van der Waals surface area contributed by atoms with Crippen molar-refractivity contribution in [2.24, 2.45) is 0 Å². The molecule has 1 amide bonds. The summed E-state index contributed by atoms with van der Waals surface area (Å²) < 4.78 is 0. The molecule has 0 fully saturated rings. The van der Waals surface area contributed by atoms with E-state index in [4.69, 9.17) is 5.11 Å². The van der Waals surface area contributed by atoms with E-state index >= 15 is 0 Å². The van der Waals surface area contributed by atoms with Crippen LogP contribution >= 0.6 is 0 Å². The van der Waals surface area contributed by atoms with Crippen molar-refractivity contribution in [3.63, 3.8) is 0 Å². The molecule has 1 rings (SSSR count). The molecule has 0 saturated carbocycles. The van der Waals surface area contributed by atoms with E-state index < -0.39 is 5.54 Å². The van der Waals surface area contributed by atoms with Crippen molar-refractivity contribution in [2.75, 3.05) is 20.3 Å². The number of carbonyl (C=O) groups excluding carboxylic acids is 1. The molecule has 0 unspecified atom stereocenters. The topological polar surface area (TPSA) is 73.7 Å². The third-order valence-electron chi connectivity index (χ3n) is 2.95. The summed E-state index contributed by atoms with van der Waals surface area (Å²) >= 11 is 0. The van der Waals surface area contributed by atoms with E-state index in [1.165, 1.54) is 17.3 Å². The van der Waals surface area contributed by atoms with Gasteiger partial charge in [0.1, 0.15) is 6.61 Å². The highest BCUT2D eigenvalue weighted by molar-refractivity contribution is 5.96. The molecule has 0 saturated heterocycles. The molecule has 0 aromatic carbocycles. The van der Waals surface area contributed by atoms with Crippen molar-refractivity contribution in [3.05, 3.63) is 29.6 Å². The Labute approximate surface area is 112 Å². The third kappa shape index (κ3) is 3.53. The molecule has 5 heteroatoms. The molecule has 0 aliphatic rings. The highest BCUT2D eigenvalue weighted by Crippen LogP contribution is 2.17. The van der Waals surface area contributed by atoms with Gasteiger partial charge < -0.3 is 15.1 Å². The first kappa shape index (κ1) is 15.2. The van der Waals surface area contributed by atoms with Crippen LogP contribution in [0.25, 0.3) is 0 Å². The minimum atomic E-state index is -0.665. The molecule has 0 aliphatic carbocycles. The number of aliphatic hydroxyl groups excluding tert-OH is 2. The quantitative estimate of drug-likeness (QED) is 0.767. The van der Waals surface area contributed by atoms with Crippen LogP contribution in [-0.4, -0.2) is 51.8 Å². The fourth-order valence-corrected chi connectivity index (χ4v) is 1.38. The molecule has 0 radical (unpaired) electrons. The Morgan fingerprint density at radius 2 is 2.16 bits per heavy atom. The highest BCUT2D eigenvalue weighted by Gasteiger charge is 2.28. The summed E-state index contributed by atoms with van der Waals surface area (Å²) in [5, 5.41) is 18.0. The Morgan fingerprint density at radius 3 is 2.74 bits per heavy atom. The fraction of sp³-hybridized carbons (Fsp3) is 0.429. The van der Waals surface area contributed by atoms with Gasteiger partial charge in [-0.15, -0.1) is 0 Å².